The zero-order valence-electron chi connectivity index (χ0n) is 6.00. The van der Waals surface area contributed by atoms with E-state index in [4.69, 9.17) is 5.41 Å². The summed E-state index contributed by atoms with van der Waals surface area (Å²) >= 11 is 0. The second-order valence-electron chi connectivity index (χ2n) is 2.00. The van der Waals surface area contributed by atoms with Gasteiger partial charge in [0.15, 0.2) is 0 Å². The summed E-state index contributed by atoms with van der Waals surface area (Å²) in [7, 11) is 1.67. The molecule has 0 aromatic carbocycles. The SMILES string of the molecule is CC(C)N=NN(C)C=N. The first-order chi connectivity index (χ1) is 4.16. The van der Waals surface area contributed by atoms with Crippen LogP contribution in [0.3, 0.4) is 0 Å². The van der Waals surface area contributed by atoms with Gasteiger partial charge in [-0.3, -0.25) is 5.41 Å². The normalized spacial score (nSPS) is 10.7. The Kier molecular flexibility index (Phi) is 3.59. The predicted molar refractivity (Wildman–Crippen MR) is 36.5 cm³/mol. The first-order valence-corrected chi connectivity index (χ1v) is 2.81. The van der Waals surface area contributed by atoms with E-state index in [0.717, 1.165) is 6.34 Å². The number of rotatable bonds is 3. The van der Waals surface area contributed by atoms with Crippen molar-refractivity contribution < 1.29 is 0 Å². The van der Waals surface area contributed by atoms with E-state index in [1.165, 1.54) is 5.01 Å². The summed E-state index contributed by atoms with van der Waals surface area (Å²) in [5, 5.41) is 15.5. The van der Waals surface area contributed by atoms with E-state index in [9.17, 15) is 0 Å². The molecule has 0 aromatic rings. The van der Waals surface area contributed by atoms with Crippen molar-refractivity contribution >= 4 is 6.34 Å². The quantitative estimate of drug-likeness (QED) is 0.265. The maximum Gasteiger partial charge on any atom is 0.104 e. The van der Waals surface area contributed by atoms with Gasteiger partial charge >= 0.3 is 0 Å². The van der Waals surface area contributed by atoms with Crippen molar-refractivity contribution in [3.63, 3.8) is 0 Å². The van der Waals surface area contributed by atoms with E-state index in [1.807, 2.05) is 13.8 Å². The third-order valence-corrected chi connectivity index (χ3v) is 0.610. The van der Waals surface area contributed by atoms with Crippen LogP contribution >= 0.6 is 0 Å². The lowest BCUT2D eigenvalue weighted by Gasteiger charge is -2.01. The van der Waals surface area contributed by atoms with Crippen molar-refractivity contribution in [2.45, 2.75) is 19.9 Å². The van der Waals surface area contributed by atoms with E-state index < -0.39 is 0 Å². The fraction of sp³-hybridized carbons (Fsp3) is 0.800. The van der Waals surface area contributed by atoms with Crippen molar-refractivity contribution in [2.24, 2.45) is 10.3 Å². The third-order valence-electron chi connectivity index (χ3n) is 0.610. The molecule has 0 aliphatic heterocycles. The third kappa shape index (κ3) is 4.93. The van der Waals surface area contributed by atoms with E-state index >= 15 is 0 Å². The van der Waals surface area contributed by atoms with Crippen LogP contribution in [-0.4, -0.2) is 24.4 Å². The second-order valence-corrected chi connectivity index (χ2v) is 2.00. The molecule has 0 unspecified atom stereocenters. The Balaban J connectivity index is 3.56. The molecule has 0 aliphatic rings. The molecule has 52 valence electrons. The summed E-state index contributed by atoms with van der Waals surface area (Å²) in [6.45, 7) is 3.86. The summed E-state index contributed by atoms with van der Waals surface area (Å²) in [4.78, 5) is 0. The van der Waals surface area contributed by atoms with Crippen molar-refractivity contribution in [2.75, 3.05) is 7.05 Å². The molecule has 0 aromatic heterocycles. The molecule has 0 fully saturated rings. The van der Waals surface area contributed by atoms with Crippen LogP contribution in [0.15, 0.2) is 10.3 Å². The first-order valence-electron chi connectivity index (χ1n) is 2.81. The highest BCUT2D eigenvalue weighted by molar-refractivity contribution is 5.48. The van der Waals surface area contributed by atoms with Gasteiger partial charge in [0.1, 0.15) is 6.34 Å². The maximum atomic E-state index is 6.70. The second kappa shape index (κ2) is 4.00. The number of nitrogens with one attached hydrogen (secondary N) is 1. The smallest absolute Gasteiger partial charge is 0.104 e. The van der Waals surface area contributed by atoms with Gasteiger partial charge in [-0.05, 0) is 13.8 Å². The molecule has 0 saturated carbocycles. The number of hydrogen-bond donors (Lipinski definition) is 1. The summed E-state index contributed by atoms with van der Waals surface area (Å²) < 4.78 is 0. The van der Waals surface area contributed by atoms with Gasteiger partial charge in [-0.15, -0.1) is 0 Å². The van der Waals surface area contributed by atoms with Gasteiger partial charge in [0.25, 0.3) is 0 Å². The number of hydrogen-bond acceptors (Lipinski definition) is 3. The molecule has 0 heterocycles. The lowest BCUT2D eigenvalue weighted by atomic mass is 10.4. The highest BCUT2D eigenvalue weighted by atomic mass is 15.5. The Morgan fingerprint density at radius 1 is 1.56 bits per heavy atom. The van der Waals surface area contributed by atoms with Crippen molar-refractivity contribution in [1.29, 1.82) is 5.41 Å². The van der Waals surface area contributed by atoms with E-state index in [0.29, 0.717) is 0 Å². The van der Waals surface area contributed by atoms with Crippen LogP contribution in [0.2, 0.25) is 0 Å². The van der Waals surface area contributed by atoms with Gasteiger partial charge in [0, 0.05) is 7.05 Å². The standard InChI is InChI=1S/C5H12N4/c1-5(2)7-8-9(3)4-6/h4-6H,1-3H3. The molecule has 0 spiro atoms. The topological polar surface area (TPSA) is 51.8 Å². The lowest BCUT2D eigenvalue weighted by molar-refractivity contribution is 0.489. The summed E-state index contributed by atoms with van der Waals surface area (Å²) in [5.74, 6) is 0. The molecule has 0 aliphatic carbocycles. The molecule has 0 atom stereocenters. The zero-order valence-corrected chi connectivity index (χ0v) is 6.00. The molecule has 0 rings (SSSR count). The van der Waals surface area contributed by atoms with Crippen LogP contribution in [0.4, 0.5) is 0 Å². The predicted octanol–water partition coefficient (Wildman–Crippen LogP) is 1.30. The summed E-state index contributed by atoms with van der Waals surface area (Å²) in [6, 6.07) is 0.201. The van der Waals surface area contributed by atoms with Crippen LogP contribution in [0.1, 0.15) is 13.8 Å². The molecule has 0 bridgehead atoms. The van der Waals surface area contributed by atoms with Crippen molar-refractivity contribution in [3.8, 4) is 0 Å². The minimum absolute atomic E-state index is 0.201. The highest BCUT2D eigenvalue weighted by Crippen LogP contribution is 1.88. The van der Waals surface area contributed by atoms with Gasteiger partial charge in [-0.2, -0.15) is 5.11 Å². The van der Waals surface area contributed by atoms with Gasteiger partial charge in [0.05, 0.1) is 6.04 Å². The van der Waals surface area contributed by atoms with Crippen LogP contribution in [0.5, 0.6) is 0 Å². The van der Waals surface area contributed by atoms with Crippen molar-refractivity contribution in [1.82, 2.24) is 5.01 Å². The van der Waals surface area contributed by atoms with Gasteiger partial charge in [0.2, 0.25) is 0 Å². The van der Waals surface area contributed by atoms with Crippen LogP contribution < -0.4 is 0 Å². The monoisotopic (exact) mass is 128 g/mol. The van der Waals surface area contributed by atoms with Crippen LogP contribution in [0.25, 0.3) is 0 Å². The zero-order chi connectivity index (χ0) is 7.28. The minimum Gasteiger partial charge on any atom is -0.290 e. The average Bonchev–Trinajstić information content (AvgIpc) is 1.83. The molecule has 0 radical (unpaired) electrons. The summed E-state index contributed by atoms with van der Waals surface area (Å²) in [5.41, 5.74) is 0. The maximum absolute atomic E-state index is 6.70. The minimum atomic E-state index is 0.201. The molecular formula is C5H12N4. The Bertz CT molecular complexity index is 108. The van der Waals surface area contributed by atoms with E-state index in [2.05, 4.69) is 10.3 Å². The Morgan fingerprint density at radius 2 is 2.11 bits per heavy atom. The molecule has 9 heavy (non-hydrogen) atoms. The summed E-state index contributed by atoms with van der Waals surface area (Å²) in [6.07, 6.45) is 1.10. The number of nitrogens with zero attached hydrogens (tertiary/aromatic N) is 3. The Morgan fingerprint density at radius 3 is 2.44 bits per heavy atom. The fourth-order valence-corrected chi connectivity index (χ4v) is 0.211. The van der Waals surface area contributed by atoms with Gasteiger partial charge in [-0.1, -0.05) is 5.22 Å². The molecule has 0 saturated heterocycles. The Hall–Kier alpha value is -0.930. The van der Waals surface area contributed by atoms with Crippen LogP contribution in [-0.2, 0) is 0 Å². The van der Waals surface area contributed by atoms with Gasteiger partial charge in [-0.25, -0.2) is 5.01 Å². The van der Waals surface area contributed by atoms with Crippen molar-refractivity contribution in [3.05, 3.63) is 0 Å². The largest absolute Gasteiger partial charge is 0.290 e. The fourth-order valence-electron chi connectivity index (χ4n) is 0.211. The molecule has 0 amide bonds. The van der Waals surface area contributed by atoms with E-state index in [-0.39, 0.29) is 6.04 Å². The molecular weight excluding hydrogens is 116 g/mol. The molecule has 4 heteroatoms. The Labute approximate surface area is 55.1 Å². The molecule has 4 nitrogen and oxygen atoms in total. The highest BCUT2D eigenvalue weighted by Gasteiger charge is 1.85. The molecule has 1 N–H and O–H groups in total. The van der Waals surface area contributed by atoms with Gasteiger partial charge < -0.3 is 0 Å². The van der Waals surface area contributed by atoms with Crippen LogP contribution in [0, 0.1) is 5.41 Å². The van der Waals surface area contributed by atoms with E-state index in [1.54, 1.807) is 7.05 Å². The first kappa shape index (κ1) is 8.07. The lowest BCUT2D eigenvalue weighted by Crippen LogP contribution is -2.06. The average molecular weight is 128 g/mol.